The van der Waals surface area contributed by atoms with Crippen LogP contribution in [0.15, 0.2) is 24.4 Å². The highest BCUT2D eigenvalue weighted by atomic mass is 35.5. The van der Waals surface area contributed by atoms with Crippen molar-refractivity contribution in [1.29, 1.82) is 0 Å². The third kappa shape index (κ3) is 2.93. The van der Waals surface area contributed by atoms with E-state index in [1.54, 1.807) is 0 Å². The molecule has 0 N–H and O–H groups in total. The fraction of sp³-hybridized carbons (Fsp3) is 0.400. The van der Waals surface area contributed by atoms with Crippen molar-refractivity contribution in [2.24, 2.45) is 0 Å². The van der Waals surface area contributed by atoms with E-state index in [0.29, 0.717) is 11.0 Å². The molecule has 6 heteroatoms. The molecule has 5 nitrogen and oxygen atoms in total. The Bertz CT molecular complexity index is 623. The van der Waals surface area contributed by atoms with E-state index < -0.39 is 0 Å². The Labute approximate surface area is 129 Å². The van der Waals surface area contributed by atoms with E-state index in [2.05, 4.69) is 24.8 Å². The topological polar surface area (TPSA) is 45.2 Å². The summed E-state index contributed by atoms with van der Waals surface area (Å²) < 4.78 is 0. The van der Waals surface area contributed by atoms with Crippen molar-refractivity contribution >= 4 is 23.2 Å². The largest absolute Gasteiger partial charge is 0.353 e. The van der Waals surface area contributed by atoms with Gasteiger partial charge in [-0.25, -0.2) is 15.0 Å². The highest BCUT2D eigenvalue weighted by Gasteiger charge is 2.21. The van der Waals surface area contributed by atoms with E-state index in [1.807, 2.05) is 38.2 Å². The summed E-state index contributed by atoms with van der Waals surface area (Å²) in [7, 11) is 0. The average molecular weight is 304 g/mol. The molecular formula is C15H18ClN5. The molecule has 1 saturated heterocycles. The Balaban J connectivity index is 1.74. The fourth-order valence-electron chi connectivity index (χ4n) is 2.58. The van der Waals surface area contributed by atoms with Crippen LogP contribution in [0.1, 0.15) is 11.4 Å². The smallest absolute Gasteiger partial charge is 0.137 e. The second-order valence-corrected chi connectivity index (χ2v) is 5.53. The molecule has 0 aliphatic carbocycles. The van der Waals surface area contributed by atoms with Crippen molar-refractivity contribution in [3.05, 3.63) is 40.9 Å². The van der Waals surface area contributed by atoms with Crippen molar-refractivity contribution < 1.29 is 0 Å². The van der Waals surface area contributed by atoms with Crippen LogP contribution >= 0.6 is 11.6 Å². The van der Waals surface area contributed by atoms with Crippen LogP contribution in [0.3, 0.4) is 0 Å². The Hall–Kier alpha value is -1.88. The van der Waals surface area contributed by atoms with Crippen LogP contribution in [-0.2, 0) is 0 Å². The third-order valence-electron chi connectivity index (χ3n) is 3.72. The second-order valence-electron chi connectivity index (χ2n) is 5.17. The van der Waals surface area contributed by atoms with Gasteiger partial charge >= 0.3 is 0 Å². The summed E-state index contributed by atoms with van der Waals surface area (Å²) in [6, 6.07) is 6.01. The zero-order valence-electron chi connectivity index (χ0n) is 12.3. The lowest BCUT2D eigenvalue weighted by Gasteiger charge is -2.36. The highest BCUT2D eigenvalue weighted by molar-refractivity contribution is 6.30. The van der Waals surface area contributed by atoms with E-state index in [4.69, 9.17) is 11.6 Å². The number of hydrogen-bond donors (Lipinski definition) is 0. The number of aryl methyl sites for hydroxylation is 1. The quantitative estimate of drug-likeness (QED) is 0.798. The maximum atomic E-state index is 6.16. The molecule has 3 heterocycles. The molecule has 1 aliphatic rings. The fourth-order valence-corrected chi connectivity index (χ4v) is 2.78. The first-order valence-corrected chi connectivity index (χ1v) is 7.44. The summed E-state index contributed by atoms with van der Waals surface area (Å²) in [6.45, 7) is 7.52. The van der Waals surface area contributed by atoms with Crippen molar-refractivity contribution in [3.63, 3.8) is 0 Å². The molecule has 2 aromatic heterocycles. The third-order valence-corrected chi connectivity index (χ3v) is 4.09. The van der Waals surface area contributed by atoms with Crippen molar-refractivity contribution in [2.45, 2.75) is 13.8 Å². The standard InChI is InChI=1S/C15H18ClN5/c1-11-14(16)18-12(2)19-15(11)21-9-7-20(8-10-21)13-5-3-4-6-17-13/h3-6H,7-10H2,1-2H3. The van der Waals surface area contributed by atoms with E-state index in [1.165, 1.54) is 0 Å². The van der Waals surface area contributed by atoms with Crippen LogP contribution in [0.5, 0.6) is 0 Å². The summed E-state index contributed by atoms with van der Waals surface area (Å²) in [5.41, 5.74) is 0.952. The maximum Gasteiger partial charge on any atom is 0.137 e. The van der Waals surface area contributed by atoms with Gasteiger partial charge < -0.3 is 9.80 Å². The van der Waals surface area contributed by atoms with Crippen molar-refractivity contribution in [3.8, 4) is 0 Å². The van der Waals surface area contributed by atoms with Gasteiger partial charge in [-0.1, -0.05) is 17.7 Å². The molecule has 1 fully saturated rings. The van der Waals surface area contributed by atoms with Crippen molar-refractivity contribution in [2.75, 3.05) is 36.0 Å². The number of anilines is 2. The van der Waals surface area contributed by atoms with Crippen LogP contribution < -0.4 is 9.80 Å². The molecule has 0 radical (unpaired) electrons. The van der Waals surface area contributed by atoms with Crippen LogP contribution in [0.25, 0.3) is 0 Å². The van der Waals surface area contributed by atoms with Gasteiger partial charge in [0.25, 0.3) is 0 Å². The van der Waals surface area contributed by atoms with E-state index >= 15 is 0 Å². The Morgan fingerprint density at radius 1 is 1.00 bits per heavy atom. The molecule has 0 amide bonds. The first kappa shape index (κ1) is 14.1. The molecule has 2 aromatic rings. The predicted octanol–water partition coefficient (Wildman–Crippen LogP) is 2.47. The summed E-state index contributed by atoms with van der Waals surface area (Å²) in [6.07, 6.45) is 1.83. The summed E-state index contributed by atoms with van der Waals surface area (Å²) in [5.74, 6) is 2.70. The van der Waals surface area contributed by atoms with Gasteiger partial charge in [-0.15, -0.1) is 0 Å². The monoisotopic (exact) mass is 303 g/mol. The Kier molecular flexibility index (Phi) is 3.92. The normalized spacial score (nSPS) is 15.4. The van der Waals surface area contributed by atoms with Gasteiger partial charge in [-0.2, -0.15) is 0 Å². The van der Waals surface area contributed by atoms with Crippen LogP contribution in [0, 0.1) is 13.8 Å². The molecule has 0 spiro atoms. The van der Waals surface area contributed by atoms with Gasteiger partial charge in [-0.05, 0) is 26.0 Å². The lowest BCUT2D eigenvalue weighted by molar-refractivity contribution is 0.638. The maximum absolute atomic E-state index is 6.16. The van der Waals surface area contributed by atoms with Gasteiger partial charge in [0, 0.05) is 37.9 Å². The molecule has 110 valence electrons. The molecule has 3 rings (SSSR count). The number of pyridine rings is 1. The number of aromatic nitrogens is 3. The minimum absolute atomic E-state index is 0.546. The van der Waals surface area contributed by atoms with Gasteiger partial charge in [0.2, 0.25) is 0 Å². The molecule has 0 atom stereocenters. The number of piperazine rings is 1. The Morgan fingerprint density at radius 3 is 2.38 bits per heavy atom. The van der Waals surface area contributed by atoms with E-state index in [0.717, 1.165) is 43.4 Å². The average Bonchev–Trinajstić information content (AvgIpc) is 2.52. The molecule has 0 saturated carbocycles. The molecule has 0 unspecified atom stereocenters. The first-order chi connectivity index (χ1) is 10.1. The van der Waals surface area contributed by atoms with Crippen LogP contribution in [0.2, 0.25) is 5.15 Å². The summed E-state index contributed by atoms with van der Waals surface area (Å²) in [4.78, 5) is 17.7. The highest BCUT2D eigenvalue weighted by Crippen LogP contribution is 2.25. The number of halogens is 1. The predicted molar refractivity (Wildman–Crippen MR) is 85.2 cm³/mol. The van der Waals surface area contributed by atoms with E-state index in [-0.39, 0.29) is 0 Å². The zero-order chi connectivity index (χ0) is 14.8. The number of hydrogen-bond acceptors (Lipinski definition) is 5. The summed E-state index contributed by atoms with van der Waals surface area (Å²) in [5, 5.41) is 0.546. The number of rotatable bonds is 2. The van der Waals surface area contributed by atoms with Crippen molar-refractivity contribution in [1.82, 2.24) is 15.0 Å². The van der Waals surface area contributed by atoms with E-state index in [9.17, 15) is 0 Å². The lowest BCUT2D eigenvalue weighted by atomic mass is 10.2. The molecular weight excluding hydrogens is 286 g/mol. The molecule has 1 aliphatic heterocycles. The van der Waals surface area contributed by atoms with Crippen LogP contribution in [0.4, 0.5) is 11.6 Å². The Morgan fingerprint density at radius 2 is 1.71 bits per heavy atom. The van der Waals surface area contributed by atoms with Crippen LogP contribution in [-0.4, -0.2) is 41.1 Å². The number of nitrogens with zero attached hydrogens (tertiary/aromatic N) is 5. The zero-order valence-corrected chi connectivity index (χ0v) is 13.0. The lowest BCUT2D eigenvalue weighted by Crippen LogP contribution is -2.47. The molecule has 0 aromatic carbocycles. The summed E-state index contributed by atoms with van der Waals surface area (Å²) >= 11 is 6.16. The second kappa shape index (κ2) is 5.85. The minimum atomic E-state index is 0.546. The van der Waals surface area contributed by atoms with Gasteiger partial charge in [0.15, 0.2) is 0 Å². The van der Waals surface area contributed by atoms with Gasteiger partial charge in [0.1, 0.15) is 22.6 Å². The first-order valence-electron chi connectivity index (χ1n) is 7.07. The van der Waals surface area contributed by atoms with Gasteiger partial charge in [0.05, 0.1) is 0 Å². The molecule has 21 heavy (non-hydrogen) atoms. The van der Waals surface area contributed by atoms with Gasteiger partial charge in [-0.3, -0.25) is 0 Å². The molecule has 0 bridgehead atoms. The minimum Gasteiger partial charge on any atom is -0.353 e. The SMILES string of the molecule is Cc1nc(Cl)c(C)c(N2CCN(c3ccccn3)CC2)n1.